The summed E-state index contributed by atoms with van der Waals surface area (Å²) in [5.74, 6) is 9.36. The Morgan fingerprint density at radius 2 is 1.38 bits per heavy atom. The zero-order chi connectivity index (χ0) is 44.7. The standard InChI is InChI=1S/C37H32N3O.C19H27GeN2.Ir/c1-22(2)30-20-26(25-12-7-6-8-13-25)21-31(23(3)4)34(30)40-33-17-10-9-16-32(33)39-36(40)29-15-11-14-27-28-19-18-24(5)38-37(28)41-35(27)29;1-13(2)10-16-11-19(21-12-18(16)20(5,6)7)17-9-8-14(3)22-15(17)4;/h6-14,16-23H,1-5H3;8,11-13H,10H2,1-7H3;/q2*-1;. The Labute approximate surface area is 395 Å². The smallest absolute Gasteiger partial charge is 0.216 e. The Hall–Kier alpha value is -5.21. The van der Waals surface area contributed by atoms with E-state index in [4.69, 9.17) is 14.4 Å². The van der Waals surface area contributed by atoms with Crippen molar-refractivity contribution in [1.29, 1.82) is 0 Å². The second-order valence-corrected chi connectivity index (χ2v) is 29.6. The first-order valence-corrected chi connectivity index (χ1v) is 29.7. The van der Waals surface area contributed by atoms with Gasteiger partial charge in [0.2, 0.25) is 5.71 Å². The number of fused-ring (bicyclic) bond motifs is 4. The van der Waals surface area contributed by atoms with Crippen molar-refractivity contribution in [1.82, 2.24) is 24.5 Å². The number of para-hydroxylation sites is 2. The second kappa shape index (κ2) is 19.1. The maximum atomic E-state index is 6.44. The van der Waals surface area contributed by atoms with E-state index in [1.165, 1.54) is 37.9 Å². The first-order chi connectivity index (χ1) is 30.1. The summed E-state index contributed by atoms with van der Waals surface area (Å²) in [5, 5.41) is 2.02. The molecular formula is C56H59GeIrN5O-2. The second-order valence-electron chi connectivity index (χ2n) is 19.0. The molecule has 0 fully saturated rings. The molecular weight excluding hydrogens is 1020 g/mol. The molecule has 0 bridgehead atoms. The minimum absolute atomic E-state index is 0. The van der Waals surface area contributed by atoms with Gasteiger partial charge < -0.3 is 8.98 Å². The summed E-state index contributed by atoms with van der Waals surface area (Å²) in [7, 11) is 0. The van der Waals surface area contributed by atoms with Crippen molar-refractivity contribution in [2.75, 3.05) is 0 Å². The van der Waals surface area contributed by atoms with Gasteiger partial charge in [0.25, 0.3) is 0 Å². The molecule has 0 saturated carbocycles. The molecule has 1 radical (unpaired) electrons. The Kier molecular flexibility index (Phi) is 14.0. The van der Waals surface area contributed by atoms with Crippen LogP contribution in [0.15, 0.2) is 114 Å². The minimum atomic E-state index is -1.90. The SMILES string of the molecule is Cc1c[c-]c(-c2cc(CC(C)C)[c]([Ge]([CH3])([CH3])[CH3])cn2)c(C)n1.Cc1ccc2c(n1)oc1c(-c3nc4ccccc4n3-c3c(C(C)C)cc(-c4ccccc4)cc3C(C)C)[c-]ccc12.[Ir]. The van der Waals surface area contributed by atoms with E-state index >= 15 is 0 Å². The van der Waals surface area contributed by atoms with E-state index in [9.17, 15) is 0 Å². The van der Waals surface area contributed by atoms with Gasteiger partial charge >= 0.3 is 138 Å². The third kappa shape index (κ3) is 9.45. The Morgan fingerprint density at radius 3 is 2.03 bits per heavy atom. The predicted molar refractivity (Wildman–Crippen MR) is 266 cm³/mol. The van der Waals surface area contributed by atoms with Crippen LogP contribution in [0.4, 0.5) is 0 Å². The van der Waals surface area contributed by atoms with Crippen molar-refractivity contribution in [3.63, 3.8) is 0 Å². The fourth-order valence-corrected chi connectivity index (χ4v) is 12.1. The molecule has 8 heteroatoms. The van der Waals surface area contributed by atoms with E-state index in [1.54, 1.807) is 0 Å². The maximum Gasteiger partial charge on any atom is 0.216 e. The number of hydrogen-bond acceptors (Lipinski definition) is 5. The monoisotopic (exact) mass is 1080 g/mol. The van der Waals surface area contributed by atoms with E-state index in [-0.39, 0.29) is 20.1 Å². The summed E-state index contributed by atoms with van der Waals surface area (Å²) in [4.78, 5) is 19.2. The summed E-state index contributed by atoms with van der Waals surface area (Å²) >= 11 is -1.90. The first-order valence-electron chi connectivity index (χ1n) is 22.4. The van der Waals surface area contributed by atoms with E-state index in [0.29, 0.717) is 23.5 Å². The molecule has 0 atom stereocenters. The number of rotatable bonds is 9. The van der Waals surface area contributed by atoms with Gasteiger partial charge in [-0.25, -0.2) is 4.98 Å². The van der Waals surface area contributed by atoms with Gasteiger partial charge in [-0.05, 0) is 77.4 Å². The van der Waals surface area contributed by atoms with E-state index < -0.39 is 13.3 Å². The van der Waals surface area contributed by atoms with Crippen LogP contribution in [0.2, 0.25) is 17.3 Å². The fourth-order valence-electron chi connectivity index (χ4n) is 8.73. The summed E-state index contributed by atoms with van der Waals surface area (Å²) in [6.45, 7) is 19.7. The van der Waals surface area contributed by atoms with Crippen LogP contribution < -0.4 is 4.40 Å². The average Bonchev–Trinajstić information content (AvgIpc) is 3.81. The zero-order valence-corrected chi connectivity index (χ0v) is 43.8. The topological polar surface area (TPSA) is 69.6 Å². The number of aryl methyl sites for hydroxylation is 3. The van der Waals surface area contributed by atoms with Crippen LogP contribution in [-0.4, -0.2) is 37.8 Å². The fraction of sp³-hybridized carbons (Fsp3) is 0.286. The first kappa shape index (κ1) is 46.8. The summed E-state index contributed by atoms with van der Waals surface area (Å²) in [6.07, 6.45) is 3.24. The van der Waals surface area contributed by atoms with Gasteiger partial charge in [0.15, 0.2) is 0 Å². The quantitative estimate of drug-likeness (QED) is 0.106. The summed E-state index contributed by atoms with van der Waals surface area (Å²) in [6, 6.07) is 43.0. The molecule has 6 nitrogen and oxygen atoms in total. The largest absolute Gasteiger partial charge is 0.486 e. The maximum absolute atomic E-state index is 6.44. The van der Waals surface area contributed by atoms with Crippen molar-refractivity contribution in [3.05, 3.63) is 155 Å². The summed E-state index contributed by atoms with van der Waals surface area (Å²) < 4.78 is 10.3. The summed E-state index contributed by atoms with van der Waals surface area (Å²) in [5.41, 5.74) is 16.9. The normalized spacial score (nSPS) is 11.8. The number of benzene rings is 4. The molecule has 5 aromatic heterocycles. The van der Waals surface area contributed by atoms with Crippen LogP contribution in [0.25, 0.3) is 72.6 Å². The van der Waals surface area contributed by atoms with Gasteiger partial charge in [0.05, 0.1) is 22.4 Å². The van der Waals surface area contributed by atoms with E-state index in [1.807, 2.05) is 45.0 Å². The predicted octanol–water partition coefficient (Wildman–Crippen LogP) is 14.3. The number of furan rings is 1. The minimum Gasteiger partial charge on any atom is -0.486 e. The molecule has 5 heterocycles. The Morgan fingerprint density at radius 1 is 0.688 bits per heavy atom. The molecule has 0 aliphatic heterocycles. The van der Waals surface area contributed by atoms with Crippen molar-refractivity contribution < 1.29 is 24.5 Å². The molecule has 9 aromatic rings. The van der Waals surface area contributed by atoms with Crippen LogP contribution in [0.1, 0.15) is 87.2 Å². The zero-order valence-electron chi connectivity index (χ0n) is 39.3. The van der Waals surface area contributed by atoms with Gasteiger partial charge in [-0.2, -0.15) is 0 Å². The Balaban J connectivity index is 0.000000227. The number of pyridine rings is 3. The van der Waals surface area contributed by atoms with Crippen LogP contribution in [0.5, 0.6) is 0 Å². The van der Waals surface area contributed by atoms with Crippen molar-refractivity contribution in [2.45, 2.75) is 97.8 Å². The average molecular weight is 1080 g/mol. The Bertz CT molecular complexity index is 3070. The molecule has 0 amide bonds. The molecule has 0 aliphatic rings. The van der Waals surface area contributed by atoms with Crippen molar-refractivity contribution in [3.8, 4) is 39.5 Å². The molecule has 329 valence electrons. The number of nitrogens with zero attached hydrogens (tertiary/aromatic N) is 5. The number of aromatic nitrogens is 5. The van der Waals surface area contributed by atoms with E-state index in [0.717, 1.165) is 73.5 Å². The molecule has 0 spiro atoms. The van der Waals surface area contributed by atoms with Gasteiger partial charge in [0.1, 0.15) is 0 Å². The van der Waals surface area contributed by atoms with E-state index in [2.05, 4.69) is 171 Å². The molecule has 0 aliphatic carbocycles. The van der Waals surface area contributed by atoms with Crippen LogP contribution in [0.3, 0.4) is 0 Å². The molecule has 0 unspecified atom stereocenters. The molecule has 0 N–H and O–H groups in total. The van der Waals surface area contributed by atoms with Crippen LogP contribution in [-0.2, 0) is 26.5 Å². The van der Waals surface area contributed by atoms with Gasteiger partial charge in [-0.15, -0.1) is 18.2 Å². The van der Waals surface area contributed by atoms with Gasteiger partial charge in [0, 0.05) is 36.9 Å². The molecule has 0 saturated heterocycles. The molecule has 9 rings (SSSR count). The van der Waals surface area contributed by atoms with Crippen LogP contribution >= 0.6 is 0 Å². The van der Waals surface area contributed by atoms with Crippen LogP contribution in [0, 0.1) is 38.8 Å². The molecule has 4 aromatic carbocycles. The van der Waals surface area contributed by atoms with Gasteiger partial charge in [-0.1, -0.05) is 81.1 Å². The van der Waals surface area contributed by atoms with Crippen molar-refractivity contribution in [2.24, 2.45) is 5.92 Å². The van der Waals surface area contributed by atoms with Crippen molar-refractivity contribution >= 4 is 50.8 Å². The number of imidazole rings is 1. The van der Waals surface area contributed by atoms with Gasteiger partial charge in [-0.3, -0.25) is 4.98 Å². The third-order valence-electron chi connectivity index (χ3n) is 11.8. The third-order valence-corrected chi connectivity index (χ3v) is 16.1. The number of hydrogen-bond donors (Lipinski definition) is 0. The molecule has 64 heavy (non-hydrogen) atoms.